The zero-order valence-electron chi connectivity index (χ0n) is 17.7. The number of hydrogen-bond acceptors (Lipinski definition) is 5. The number of allylic oxidation sites excluding steroid dienone is 1. The van der Waals surface area contributed by atoms with Crippen LogP contribution in [0.4, 0.5) is 5.69 Å². The third-order valence-electron chi connectivity index (χ3n) is 5.83. The fourth-order valence-corrected chi connectivity index (χ4v) is 4.18. The van der Waals surface area contributed by atoms with Crippen LogP contribution in [0, 0.1) is 5.41 Å². The molecule has 0 spiro atoms. The second-order valence-electron chi connectivity index (χ2n) is 7.87. The van der Waals surface area contributed by atoms with Crippen molar-refractivity contribution in [3.8, 4) is 11.3 Å². The lowest BCUT2D eigenvalue weighted by atomic mass is 10.0. The Bertz CT molecular complexity index is 1190. The molecule has 2 aromatic carbocycles. The second kappa shape index (κ2) is 8.44. The molecule has 1 aliphatic heterocycles. The molecule has 6 heteroatoms. The van der Waals surface area contributed by atoms with E-state index in [1.807, 2.05) is 37.3 Å². The van der Waals surface area contributed by atoms with Crippen LogP contribution in [0.2, 0.25) is 5.02 Å². The maximum Gasteiger partial charge on any atom is 0.0731 e. The average Bonchev–Trinajstić information content (AvgIpc) is 2.78. The molecule has 0 radical (unpaired) electrons. The topological polar surface area (TPSA) is 69.2 Å². The number of anilines is 1. The van der Waals surface area contributed by atoms with Crippen molar-refractivity contribution in [3.05, 3.63) is 77.5 Å². The zero-order chi connectivity index (χ0) is 22.1. The van der Waals surface area contributed by atoms with Crippen LogP contribution in [-0.2, 0) is 0 Å². The molecule has 0 aliphatic carbocycles. The summed E-state index contributed by atoms with van der Waals surface area (Å²) in [6.45, 7) is 14.2. The first kappa shape index (κ1) is 20.9. The molecule has 0 amide bonds. The summed E-state index contributed by atoms with van der Waals surface area (Å²) in [5, 5.41) is 9.09. The Hall–Kier alpha value is -3.31. The van der Waals surface area contributed by atoms with E-state index >= 15 is 0 Å². The summed E-state index contributed by atoms with van der Waals surface area (Å²) in [5.74, 6) is 0. The van der Waals surface area contributed by atoms with Gasteiger partial charge in [-0.3, -0.25) is 0 Å². The van der Waals surface area contributed by atoms with Crippen molar-refractivity contribution >= 4 is 40.1 Å². The molecule has 1 saturated heterocycles. The smallest absolute Gasteiger partial charge is 0.0731 e. The molecule has 0 bridgehead atoms. The molecule has 2 heterocycles. The largest absolute Gasteiger partial charge is 0.398 e. The van der Waals surface area contributed by atoms with E-state index in [0.717, 1.165) is 65.3 Å². The molecular weight excluding hydrogens is 406 g/mol. The van der Waals surface area contributed by atoms with Crippen LogP contribution < -0.4 is 5.73 Å². The van der Waals surface area contributed by atoms with Gasteiger partial charge < -0.3 is 20.9 Å². The Kier molecular flexibility index (Phi) is 5.70. The molecule has 158 valence electrons. The van der Waals surface area contributed by atoms with E-state index in [1.54, 1.807) is 6.07 Å². The van der Waals surface area contributed by atoms with Crippen LogP contribution in [0.25, 0.3) is 27.9 Å². The monoisotopic (exact) mass is 431 g/mol. The predicted octanol–water partition coefficient (Wildman–Crippen LogP) is 5.26. The summed E-state index contributed by atoms with van der Waals surface area (Å²) < 4.78 is 0. The molecule has 5 nitrogen and oxygen atoms in total. The summed E-state index contributed by atoms with van der Waals surface area (Å²) in [5.41, 5.74) is 12.7. The van der Waals surface area contributed by atoms with Gasteiger partial charge in [-0.2, -0.15) is 0 Å². The fraction of sp³-hybridized carbons (Fsp3) is 0.200. The Morgan fingerprint density at radius 1 is 1.06 bits per heavy atom. The van der Waals surface area contributed by atoms with Gasteiger partial charge in [0, 0.05) is 66.0 Å². The molecular formula is C25H26ClN5. The van der Waals surface area contributed by atoms with Crippen molar-refractivity contribution in [2.45, 2.75) is 6.92 Å². The van der Waals surface area contributed by atoms with E-state index in [9.17, 15) is 0 Å². The predicted molar refractivity (Wildman–Crippen MR) is 131 cm³/mol. The number of benzene rings is 2. The van der Waals surface area contributed by atoms with E-state index in [1.165, 1.54) is 6.21 Å². The summed E-state index contributed by atoms with van der Waals surface area (Å²) in [4.78, 5) is 9.46. The molecule has 0 atom stereocenters. The first-order chi connectivity index (χ1) is 14.9. The number of rotatable bonds is 5. The van der Waals surface area contributed by atoms with Gasteiger partial charge in [0.05, 0.1) is 16.2 Å². The quantitative estimate of drug-likeness (QED) is 0.427. The number of nitrogen functional groups attached to an aromatic ring is 1. The molecule has 31 heavy (non-hydrogen) atoms. The minimum Gasteiger partial charge on any atom is -0.398 e. The summed E-state index contributed by atoms with van der Waals surface area (Å²) in [7, 11) is 0. The minimum absolute atomic E-state index is 0.566. The van der Waals surface area contributed by atoms with E-state index in [4.69, 9.17) is 27.7 Å². The zero-order valence-corrected chi connectivity index (χ0v) is 18.4. The fourth-order valence-electron chi connectivity index (χ4n) is 3.91. The van der Waals surface area contributed by atoms with Crippen molar-refractivity contribution in [2.24, 2.45) is 0 Å². The van der Waals surface area contributed by atoms with Gasteiger partial charge in [0.25, 0.3) is 0 Å². The summed E-state index contributed by atoms with van der Waals surface area (Å²) in [6.07, 6.45) is 1.25. The van der Waals surface area contributed by atoms with Crippen LogP contribution in [0.3, 0.4) is 0 Å². The highest BCUT2D eigenvalue weighted by atomic mass is 35.5. The lowest BCUT2D eigenvalue weighted by molar-refractivity contribution is 0.215. The maximum atomic E-state index is 7.55. The number of nitrogens with two attached hydrogens (primary N) is 1. The molecule has 1 aromatic heterocycles. The lowest BCUT2D eigenvalue weighted by Gasteiger charge is -2.38. The van der Waals surface area contributed by atoms with Gasteiger partial charge >= 0.3 is 0 Å². The number of nitrogens with zero attached hydrogens (tertiary/aromatic N) is 3. The number of fused-ring (bicyclic) bond motifs is 1. The van der Waals surface area contributed by atoms with Crippen LogP contribution >= 0.6 is 11.6 Å². The van der Waals surface area contributed by atoms with E-state index in [0.29, 0.717) is 16.3 Å². The normalized spacial score (nSPS) is 14.0. The third kappa shape index (κ3) is 4.14. The highest BCUT2D eigenvalue weighted by Crippen LogP contribution is 2.31. The Labute approximate surface area is 188 Å². The van der Waals surface area contributed by atoms with E-state index in [2.05, 4.69) is 29.0 Å². The first-order valence-electron chi connectivity index (χ1n) is 10.2. The molecule has 1 aliphatic rings. The number of halogens is 1. The molecule has 0 saturated carbocycles. The summed E-state index contributed by atoms with van der Waals surface area (Å²) >= 11 is 6.59. The van der Waals surface area contributed by atoms with E-state index in [-0.39, 0.29) is 0 Å². The minimum atomic E-state index is 0.566. The number of aromatic nitrogens is 1. The van der Waals surface area contributed by atoms with Gasteiger partial charge in [-0.15, -0.1) is 0 Å². The molecule has 4 rings (SSSR count). The maximum absolute atomic E-state index is 7.55. The number of piperazine rings is 1. The van der Waals surface area contributed by atoms with Crippen molar-refractivity contribution in [1.29, 1.82) is 5.41 Å². The Morgan fingerprint density at radius 3 is 2.45 bits per heavy atom. The highest BCUT2D eigenvalue weighted by molar-refractivity contribution is 6.35. The van der Waals surface area contributed by atoms with Gasteiger partial charge in [-0.1, -0.05) is 43.0 Å². The van der Waals surface area contributed by atoms with Crippen molar-refractivity contribution < 1.29 is 0 Å². The molecule has 3 N–H and O–H groups in total. The Balaban J connectivity index is 1.66. The van der Waals surface area contributed by atoms with Gasteiger partial charge in [-0.25, -0.2) is 4.98 Å². The summed E-state index contributed by atoms with van der Waals surface area (Å²) in [6, 6.07) is 13.5. The second-order valence-corrected chi connectivity index (χ2v) is 8.27. The molecule has 0 unspecified atom stereocenters. The average molecular weight is 432 g/mol. The van der Waals surface area contributed by atoms with Crippen LogP contribution in [0.5, 0.6) is 0 Å². The van der Waals surface area contributed by atoms with Crippen molar-refractivity contribution in [1.82, 2.24) is 14.8 Å². The van der Waals surface area contributed by atoms with Gasteiger partial charge in [0.2, 0.25) is 0 Å². The Morgan fingerprint density at radius 2 is 1.77 bits per heavy atom. The standard InChI is InChI=1S/C25H26ClN5/c1-16(2)30-8-10-31(11-9-30)17(3)18-4-6-21-22(26)14-24(29-25(21)13-18)19-5-7-23(28)20(12-19)15-27/h4-7,12-15,27H,1,3,8-11,28H2,2H3. The van der Waals surface area contributed by atoms with Gasteiger partial charge in [-0.05, 0) is 36.8 Å². The first-order valence-corrected chi connectivity index (χ1v) is 10.6. The van der Waals surface area contributed by atoms with E-state index < -0.39 is 0 Å². The van der Waals surface area contributed by atoms with Crippen LogP contribution in [-0.4, -0.2) is 47.2 Å². The SMILES string of the molecule is C=C(C)N1CCN(C(=C)c2ccc3c(Cl)cc(-c4ccc(N)c(C=N)c4)nc3c2)CC1. The highest BCUT2D eigenvalue weighted by Gasteiger charge is 2.19. The number of pyridine rings is 1. The molecule has 3 aromatic rings. The number of nitrogens with one attached hydrogen (secondary N) is 1. The third-order valence-corrected chi connectivity index (χ3v) is 6.14. The number of hydrogen-bond donors (Lipinski definition) is 2. The van der Waals surface area contributed by atoms with Crippen LogP contribution in [0.15, 0.2) is 61.3 Å². The van der Waals surface area contributed by atoms with Crippen molar-refractivity contribution in [2.75, 3.05) is 31.9 Å². The molecule has 1 fully saturated rings. The van der Waals surface area contributed by atoms with Crippen LogP contribution in [0.1, 0.15) is 18.1 Å². The van der Waals surface area contributed by atoms with Gasteiger partial charge in [0.15, 0.2) is 0 Å². The lowest BCUT2D eigenvalue weighted by Crippen LogP contribution is -2.44. The van der Waals surface area contributed by atoms with Gasteiger partial charge in [0.1, 0.15) is 0 Å². The van der Waals surface area contributed by atoms with Crippen molar-refractivity contribution in [3.63, 3.8) is 0 Å².